The average molecular weight is 384 g/mol. The molecule has 9 heteroatoms. The molecule has 0 aliphatic carbocycles. The minimum absolute atomic E-state index is 0.0745. The summed E-state index contributed by atoms with van der Waals surface area (Å²) in [5.74, 6) is -1.43. The van der Waals surface area contributed by atoms with Gasteiger partial charge in [0.05, 0.1) is 11.9 Å². The van der Waals surface area contributed by atoms with Crippen molar-refractivity contribution in [2.45, 2.75) is 0 Å². The zero-order valence-corrected chi connectivity index (χ0v) is 14.5. The summed E-state index contributed by atoms with van der Waals surface area (Å²) < 4.78 is 14.2. The van der Waals surface area contributed by atoms with E-state index >= 15 is 0 Å². The molecule has 1 aromatic heterocycles. The number of carbonyl (C=O) groups excluding carboxylic acids is 1. The maximum absolute atomic E-state index is 13.1. The number of aromatic amines is 1. The Bertz CT molecular complexity index is 1120. The minimum Gasteiger partial charge on any atom is -0.494 e. The van der Waals surface area contributed by atoms with E-state index in [2.05, 4.69) is 15.5 Å². The van der Waals surface area contributed by atoms with Crippen molar-refractivity contribution >= 4 is 24.3 Å². The molecule has 27 heavy (non-hydrogen) atoms. The molecule has 0 unspecified atom stereocenters. The standard InChI is InChI=1S/C18H13FN4O3S/c19-12-6-8-13(9-7-12)23-17(26)14(16(25)21-18(23)27)10-20-22-15(24)11-4-2-1-3-5-11/h1-10,26H,(H,22,24)(H,21,25,27)/b20-10+. The van der Waals surface area contributed by atoms with Crippen LogP contribution in [-0.2, 0) is 0 Å². The first kappa shape index (κ1) is 18.2. The van der Waals surface area contributed by atoms with Crippen LogP contribution in [0.5, 0.6) is 5.88 Å². The number of aromatic hydroxyl groups is 1. The maximum Gasteiger partial charge on any atom is 0.271 e. The summed E-state index contributed by atoms with van der Waals surface area (Å²) in [5.41, 5.74) is 2.09. The molecule has 1 amide bonds. The van der Waals surface area contributed by atoms with Crippen LogP contribution >= 0.6 is 12.2 Å². The predicted molar refractivity (Wildman–Crippen MR) is 100 cm³/mol. The van der Waals surface area contributed by atoms with Gasteiger partial charge in [0.15, 0.2) is 4.77 Å². The van der Waals surface area contributed by atoms with E-state index in [4.69, 9.17) is 12.2 Å². The van der Waals surface area contributed by atoms with Gasteiger partial charge in [0.2, 0.25) is 5.88 Å². The Morgan fingerprint density at radius 2 is 1.85 bits per heavy atom. The minimum atomic E-state index is -0.687. The van der Waals surface area contributed by atoms with Crippen molar-refractivity contribution in [2.75, 3.05) is 0 Å². The second kappa shape index (κ2) is 7.75. The fourth-order valence-electron chi connectivity index (χ4n) is 2.29. The van der Waals surface area contributed by atoms with E-state index in [1.165, 1.54) is 24.3 Å². The van der Waals surface area contributed by atoms with Crippen LogP contribution in [0.25, 0.3) is 5.69 Å². The van der Waals surface area contributed by atoms with Gasteiger partial charge in [-0.2, -0.15) is 5.10 Å². The monoisotopic (exact) mass is 384 g/mol. The molecular weight excluding hydrogens is 371 g/mol. The van der Waals surface area contributed by atoms with Crippen LogP contribution < -0.4 is 11.0 Å². The summed E-state index contributed by atoms with van der Waals surface area (Å²) >= 11 is 5.06. The zero-order chi connectivity index (χ0) is 19.4. The molecule has 0 saturated heterocycles. The van der Waals surface area contributed by atoms with E-state index in [9.17, 15) is 19.1 Å². The van der Waals surface area contributed by atoms with Gasteiger partial charge in [0.25, 0.3) is 11.5 Å². The second-order valence-corrected chi connectivity index (χ2v) is 5.76. The lowest BCUT2D eigenvalue weighted by molar-refractivity contribution is 0.0955. The van der Waals surface area contributed by atoms with Crippen LogP contribution in [0.15, 0.2) is 64.5 Å². The number of rotatable bonds is 4. The summed E-state index contributed by atoms with van der Waals surface area (Å²) in [7, 11) is 0. The largest absolute Gasteiger partial charge is 0.494 e. The highest BCUT2D eigenvalue weighted by Gasteiger charge is 2.13. The highest BCUT2D eigenvalue weighted by Crippen LogP contribution is 2.18. The van der Waals surface area contributed by atoms with Crippen molar-refractivity contribution in [3.63, 3.8) is 0 Å². The number of hydrogen-bond donors (Lipinski definition) is 3. The molecule has 3 rings (SSSR count). The number of hydrazone groups is 1. The molecule has 0 fully saturated rings. The SMILES string of the molecule is O=C(N/N=C/c1c(O)n(-c2ccc(F)cc2)c(=S)[nH]c1=O)c1ccccc1. The summed E-state index contributed by atoms with van der Waals surface area (Å²) in [5, 5.41) is 14.1. The molecule has 0 aliphatic rings. The van der Waals surface area contributed by atoms with Gasteiger partial charge < -0.3 is 5.11 Å². The van der Waals surface area contributed by atoms with Crippen LogP contribution in [0.4, 0.5) is 4.39 Å². The molecule has 2 aromatic carbocycles. The molecule has 0 bridgehead atoms. The van der Waals surface area contributed by atoms with Crippen molar-refractivity contribution in [1.82, 2.24) is 15.0 Å². The van der Waals surface area contributed by atoms with E-state index in [-0.39, 0.29) is 10.3 Å². The Labute approximate surface area is 157 Å². The fourth-order valence-corrected chi connectivity index (χ4v) is 2.58. The maximum atomic E-state index is 13.1. The molecule has 0 spiro atoms. The molecular formula is C18H13FN4O3S. The number of hydrogen-bond acceptors (Lipinski definition) is 5. The van der Waals surface area contributed by atoms with Gasteiger partial charge in [-0.25, -0.2) is 9.82 Å². The molecule has 0 aliphatic heterocycles. The van der Waals surface area contributed by atoms with Crippen molar-refractivity contribution in [3.05, 3.63) is 86.7 Å². The third-order valence-electron chi connectivity index (χ3n) is 3.60. The first-order chi connectivity index (χ1) is 13.0. The number of benzene rings is 2. The van der Waals surface area contributed by atoms with Crippen molar-refractivity contribution in [1.29, 1.82) is 0 Å². The van der Waals surface area contributed by atoms with Gasteiger partial charge in [-0.05, 0) is 48.6 Å². The van der Waals surface area contributed by atoms with Gasteiger partial charge in [0.1, 0.15) is 11.4 Å². The zero-order valence-electron chi connectivity index (χ0n) is 13.7. The normalized spacial score (nSPS) is 10.9. The Morgan fingerprint density at radius 1 is 1.19 bits per heavy atom. The number of H-pyrrole nitrogens is 1. The summed E-state index contributed by atoms with van der Waals surface area (Å²) in [4.78, 5) is 26.4. The Balaban J connectivity index is 1.93. The lowest BCUT2D eigenvalue weighted by atomic mass is 10.2. The summed E-state index contributed by atoms with van der Waals surface area (Å²) in [6, 6.07) is 13.5. The Hall–Kier alpha value is -3.59. The van der Waals surface area contributed by atoms with E-state index < -0.39 is 23.2 Å². The number of nitrogens with zero attached hydrogens (tertiary/aromatic N) is 2. The van der Waals surface area contributed by atoms with E-state index in [0.717, 1.165) is 10.8 Å². The molecule has 0 atom stereocenters. The van der Waals surface area contributed by atoms with Crippen LogP contribution in [0.3, 0.4) is 0 Å². The van der Waals surface area contributed by atoms with Gasteiger partial charge in [-0.3, -0.25) is 19.1 Å². The molecule has 7 nitrogen and oxygen atoms in total. The molecule has 3 aromatic rings. The Morgan fingerprint density at radius 3 is 2.52 bits per heavy atom. The first-order valence-electron chi connectivity index (χ1n) is 7.70. The predicted octanol–water partition coefficient (Wildman–Crippen LogP) is 2.50. The number of carbonyl (C=O) groups is 1. The number of halogens is 1. The first-order valence-corrected chi connectivity index (χ1v) is 8.11. The van der Waals surface area contributed by atoms with Crippen LogP contribution in [0, 0.1) is 10.6 Å². The summed E-state index contributed by atoms with van der Waals surface area (Å²) in [6.45, 7) is 0. The Kier molecular flexibility index (Phi) is 5.23. The highest BCUT2D eigenvalue weighted by molar-refractivity contribution is 7.71. The lowest BCUT2D eigenvalue weighted by Gasteiger charge is -2.11. The second-order valence-electron chi connectivity index (χ2n) is 5.37. The lowest BCUT2D eigenvalue weighted by Crippen LogP contribution is -2.21. The molecule has 3 N–H and O–H groups in total. The number of aromatic nitrogens is 2. The average Bonchev–Trinajstić information content (AvgIpc) is 2.66. The van der Waals surface area contributed by atoms with Gasteiger partial charge in [-0.1, -0.05) is 18.2 Å². The molecule has 1 heterocycles. The van der Waals surface area contributed by atoms with Gasteiger partial charge >= 0.3 is 0 Å². The van der Waals surface area contributed by atoms with Gasteiger partial charge in [0, 0.05) is 5.56 Å². The van der Waals surface area contributed by atoms with Crippen LogP contribution in [0.2, 0.25) is 0 Å². The van der Waals surface area contributed by atoms with Gasteiger partial charge in [-0.15, -0.1) is 0 Å². The molecule has 0 radical (unpaired) electrons. The van der Waals surface area contributed by atoms with E-state index in [0.29, 0.717) is 11.3 Å². The van der Waals surface area contributed by atoms with Crippen LogP contribution in [0.1, 0.15) is 15.9 Å². The highest BCUT2D eigenvalue weighted by atomic mass is 32.1. The summed E-state index contributed by atoms with van der Waals surface area (Å²) in [6.07, 6.45) is 1.00. The third kappa shape index (κ3) is 3.98. The number of nitrogens with one attached hydrogen (secondary N) is 2. The topological polar surface area (TPSA) is 99.5 Å². The molecule has 0 saturated carbocycles. The molecule has 136 valence electrons. The third-order valence-corrected chi connectivity index (χ3v) is 3.89. The number of amides is 1. The quantitative estimate of drug-likeness (QED) is 0.366. The van der Waals surface area contributed by atoms with Crippen molar-refractivity contribution in [3.8, 4) is 11.6 Å². The van der Waals surface area contributed by atoms with E-state index in [1.54, 1.807) is 30.3 Å². The van der Waals surface area contributed by atoms with Crippen molar-refractivity contribution < 1.29 is 14.3 Å². The fraction of sp³-hybridized carbons (Fsp3) is 0. The smallest absolute Gasteiger partial charge is 0.271 e. The van der Waals surface area contributed by atoms with E-state index in [1.807, 2.05) is 0 Å². The van der Waals surface area contributed by atoms with Crippen LogP contribution in [-0.4, -0.2) is 26.8 Å². The van der Waals surface area contributed by atoms with Crippen molar-refractivity contribution in [2.24, 2.45) is 5.10 Å².